The van der Waals surface area contributed by atoms with Crippen molar-refractivity contribution in [1.82, 2.24) is 68.0 Å². The molecule has 21 N–H and O–H groups in total. The fourth-order valence-corrected chi connectivity index (χ4v) is 9.85. The zero-order valence-electron chi connectivity index (χ0n) is 54.5. The van der Waals surface area contributed by atoms with Crippen molar-refractivity contribution in [2.75, 3.05) is 19.6 Å². The first-order valence-electron chi connectivity index (χ1n) is 31.2. The van der Waals surface area contributed by atoms with Crippen molar-refractivity contribution in [1.29, 1.82) is 0 Å². The van der Waals surface area contributed by atoms with Crippen LogP contribution in [0, 0.1) is 17.8 Å². The maximum Gasteiger partial charge on any atom is 0.326 e. The molecule has 11 amide bonds. The van der Waals surface area contributed by atoms with Gasteiger partial charge in [-0.05, 0) is 62.8 Å². The molecular weight excluding hydrogens is 1250 g/mol. The quantitative estimate of drug-likeness (QED) is 0.0169. The van der Waals surface area contributed by atoms with Crippen LogP contribution in [0.3, 0.4) is 0 Å². The lowest BCUT2D eigenvalue weighted by molar-refractivity contribution is -0.144. The maximum atomic E-state index is 14.3. The van der Waals surface area contributed by atoms with E-state index in [1.54, 1.807) is 71.9 Å². The average Bonchev–Trinajstić information content (AvgIpc) is 1.82. The Balaban J connectivity index is 1.81. The Hall–Kier alpha value is -9.80. The lowest BCUT2D eigenvalue weighted by Gasteiger charge is -2.30. The molecule has 1 aliphatic heterocycles. The van der Waals surface area contributed by atoms with Crippen LogP contribution < -0.4 is 70.4 Å². The predicted octanol–water partition coefficient (Wildman–Crippen LogP) is -4.77. The number of guanidine groups is 1. The van der Waals surface area contributed by atoms with E-state index in [1.807, 2.05) is 0 Å². The molecule has 526 valence electrons. The number of rotatable bonds is 40. The summed E-state index contributed by atoms with van der Waals surface area (Å²) in [7, 11) is 0. The van der Waals surface area contributed by atoms with Crippen LogP contribution in [0.4, 0.5) is 0 Å². The third-order valence-corrected chi connectivity index (χ3v) is 15.8. The summed E-state index contributed by atoms with van der Waals surface area (Å²) in [4.78, 5) is 200. The Morgan fingerprint density at radius 2 is 1.14 bits per heavy atom. The van der Waals surface area contributed by atoms with E-state index in [2.05, 4.69) is 68.1 Å². The van der Waals surface area contributed by atoms with E-state index in [9.17, 15) is 87.5 Å². The first kappa shape index (κ1) is 79.4. The zero-order valence-corrected chi connectivity index (χ0v) is 54.5. The molecule has 35 heteroatoms. The number of aromatic nitrogens is 2. The highest BCUT2D eigenvalue weighted by molar-refractivity contribution is 6.00. The monoisotopic (exact) mass is 1340 g/mol. The van der Waals surface area contributed by atoms with E-state index in [1.165, 1.54) is 26.4 Å². The molecule has 95 heavy (non-hydrogen) atoms. The van der Waals surface area contributed by atoms with Crippen LogP contribution in [0.2, 0.25) is 0 Å². The Labute approximate surface area is 548 Å². The molecule has 1 aromatic heterocycles. The summed E-state index contributed by atoms with van der Waals surface area (Å²) in [6.07, 6.45) is -0.405. The number of carbonyl (C=O) groups excluding carboxylic acids is 11. The van der Waals surface area contributed by atoms with Crippen molar-refractivity contribution in [2.24, 2.45) is 39.9 Å². The van der Waals surface area contributed by atoms with Gasteiger partial charge < -0.3 is 101 Å². The second kappa shape index (κ2) is 39.0. The number of aliphatic imine (C=N–C) groups is 1. The molecule has 35 nitrogen and oxygen atoms in total. The summed E-state index contributed by atoms with van der Waals surface area (Å²) in [5.74, 6) is -17.0. The smallest absolute Gasteiger partial charge is 0.326 e. The zero-order chi connectivity index (χ0) is 71.4. The highest BCUT2D eigenvalue weighted by Crippen LogP contribution is 2.20. The largest absolute Gasteiger partial charge is 0.481 e. The number of nitrogens with one attached hydrogen (secondary N) is 11. The van der Waals surface area contributed by atoms with Crippen LogP contribution >= 0.6 is 0 Å². The van der Waals surface area contributed by atoms with E-state index < -0.39 is 193 Å². The van der Waals surface area contributed by atoms with Gasteiger partial charge >= 0.3 is 17.9 Å². The van der Waals surface area contributed by atoms with Crippen LogP contribution in [0.15, 0.2) is 47.8 Å². The molecule has 0 aliphatic carbocycles. The fraction of sp³-hybridized carbons (Fsp3) is 0.600. The molecule has 1 fully saturated rings. The van der Waals surface area contributed by atoms with Crippen LogP contribution in [0.25, 0.3) is 0 Å². The van der Waals surface area contributed by atoms with Gasteiger partial charge in [-0.1, -0.05) is 84.7 Å². The van der Waals surface area contributed by atoms with E-state index in [0.717, 1.165) is 4.90 Å². The first-order chi connectivity index (χ1) is 44.7. The molecule has 3 rings (SSSR count). The number of nitrogens with two attached hydrogens (primary N) is 3. The summed E-state index contributed by atoms with van der Waals surface area (Å²) in [5.41, 5.74) is 17.6. The molecule has 0 unspecified atom stereocenters. The summed E-state index contributed by atoms with van der Waals surface area (Å²) >= 11 is 0. The van der Waals surface area contributed by atoms with Crippen molar-refractivity contribution >= 4 is 88.8 Å². The Kier molecular flexibility index (Phi) is 32.6. The maximum absolute atomic E-state index is 14.3. The van der Waals surface area contributed by atoms with Gasteiger partial charge in [0.2, 0.25) is 65.0 Å². The van der Waals surface area contributed by atoms with Gasteiger partial charge in [0.05, 0.1) is 31.8 Å². The molecule has 0 bridgehead atoms. The molecule has 1 aliphatic rings. The third-order valence-electron chi connectivity index (χ3n) is 15.8. The summed E-state index contributed by atoms with van der Waals surface area (Å²) in [6, 6.07) is -8.11. The van der Waals surface area contributed by atoms with Crippen LogP contribution in [0.5, 0.6) is 0 Å². The predicted molar refractivity (Wildman–Crippen MR) is 339 cm³/mol. The number of benzene rings is 1. The lowest BCUT2D eigenvalue weighted by atomic mass is 9.95. The highest BCUT2D eigenvalue weighted by Gasteiger charge is 2.40. The molecule has 0 spiro atoms. The normalized spacial score (nSPS) is 16.8. The van der Waals surface area contributed by atoms with Gasteiger partial charge in [0.25, 0.3) is 0 Å². The molecule has 14 atom stereocenters. The molecular formula is C60H93N17O18. The SMILES string of the molecule is CC[C@H](C)[C@H](NC(=O)[C@H](Cc1ccccc1)NC(=O)[C@H](CC(=O)O)NC(=O)[C@H](CCCN=C(N)N)NC(=O)[C@H](Cc1cnc[nH]1)NC(=O)CNC(=O)[C@@H]1CCCN1C(=O)[C@H](C)NC(=O)[C@H](CC(=O)O)NC(=O)[C@@H](NC(=O)[C@@H](NC(=O)[C@@H](N)[C@@H](C)O)C(C)C)[C@@H](C)CC)C(=O)O. The standard InChI is InChI=1S/C60H93N17O18/c1-9-30(5)47(75-56(91)46(29(3)4)74-55(90)45(61)33(8)78)57(92)73-39(24-43(80)81)50(85)68-32(7)58(93)77-21-15-19-41(77)54(89)66-27-42(79)69-38(23-35-26-64-28-67-35)51(86)70-36(18-14-20-65-60(62)63)49(84)72-40(25-44(82)83)52(87)71-37(22-34-16-12-11-13-17-34)53(88)76-48(59(94)95)31(6)10-2/h11-13,16-17,26,28-33,36-41,45-48,78H,9-10,14-15,18-25,27,61H2,1-8H3,(H,64,67)(H,66,89)(H,68,85)(H,69,79)(H,70,86)(H,71,87)(H,72,84)(H,73,92)(H,74,90)(H,75,91)(H,76,88)(H,80,81)(H,82,83)(H,94,95)(H4,62,63,65)/t30-,31-,32-,33+,36-,37-,38-,39-,40-,41-,45-,46-,47-,48-/m0/s1. The van der Waals surface area contributed by atoms with Gasteiger partial charge in [0.15, 0.2) is 5.96 Å². The molecule has 2 aromatic rings. The van der Waals surface area contributed by atoms with E-state index >= 15 is 0 Å². The summed E-state index contributed by atoms with van der Waals surface area (Å²) in [5, 5.41) is 63.9. The van der Waals surface area contributed by atoms with Crippen LogP contribution in [-0.2, 0) is 80.0 Å². The number of nitrogens with zero attached hydrogens (tertiary/aromatic N) is 3. The van der Waals surface area contributed by atoms with Gasteiger partial charge in [-0.2, -0.15) is 0 Å². The number of amides is 11. The van der Waals surface area contributed by atoms with Crippen molar-refractivity contribution in [3.63, 3.8) is 0 Å². The molecule has 0 saturated carbocycles. The number of aliphatic carboxylic acids is 3. The minimum Gasteiger partial charge on any atom is -0.481 e. The number of aliphatic hydroxyl groups excluding tert-OH is 1. The highest BCUT2D eigenvalue weighted by atomic mass is 16.4. The topological polar surface area (TPSA) is 563 Å². The number of hydrogen-bond donors (Lipinski definition) is 18. The van der Waals surface area contributed by atoms with Gasteiger partial charge in [-0.3, -0.25) is 67.3 Å². The number of imidazole rings is 1. The van der Waals surface area contributed by atoms with Crippen LogP contribution in [0.1, 0.15) is 118 Å². The number of carbonyl (C=O) groups is 14. The number of carboxylic acid groups (broad SMARTS) is 3. The summed E-state index contributed by atoms with van der Waals surface area (Å²) in [6.45, 7) is 11.5. The number of carboxylic acids is 3. The molecule has 1 saturated heterocycles. The minimum atomic E-state index is -1.91. The third kappa shape index (κ3) is 26.3. The van der Waals surface area contributed by atoms with E-state index in [0.29, 0.717) is 24.1 Å². The van der Waals surface area contributed by atoms with Crippen LogP contribution in [-0.4, -0.2) is 216 Å². The van der Waals surface area contributed by atoms with E-state index in [-0.39, 0.29) is 57.6 Å². The van der Waals surface area contributed by atoms with Gasteiger partial charge in [0, 0.05) is 37.8 Å². The summed E-state index contributed by atoms with van der Waals surface area (Å²) < 4.78 is 0. The van der Waals surface area contributed by atoms with Crippen molar-refractivity contribution in [2.45, 2.75) is 192 Å². The Morgan fingerprint density at radius 3 is 1.68 bits per heavy atom. The fourth-order valence-electron chi connectivity index (χ4n) is 9.85. The second-order valence-corrected chi connectivity index (χ2v) is 23.7. The second-order valence-electron chi connectivity index (χ2n) is 23.7. The van der Waals surface area contributed by atoms with Crippen molar-refractivity contribution in [3.8, 4) is 0 Å². The Morgan fingerprint density at radius 1 is 0.632 bits per heavy atom. The number of likely N-dealkylation sites (tertiary alicyclic amines) is 1. The Bertz CT molecular complexity index is 3020. The molecule has 2 heterocycles. The van der Waals surface area contributed by atoms with Crippen molar-refractivity contribution < 1.29 is 87.5 Å². The number of hydrogen-bond acceptors (Lipinski definition) is 18. The van der Waals surface area contributed by atoms with Crippen molar-refractivity contribution in [3.05, 3.63) is 54.1 Å². The van der Waals surface area contributed by atoms with Gasteiger partial charge in [0.1, 0.15) is 66.5 Å². The lowest BCUT2D eigenvalue weighted by Crippen LogP contribution is -2.61. The van der Waals surface area contributed by atoms with Gasteiger partial charge in [-0.25, -0.2) is 9.78 Å². The number of H-pyrrole nitrogens is 1. The molecule has 0 radical (unpaired) electrons. The molecule has 1 aromatic carbocycles. The van der Waals surface area contributed by atoms with E-state index in [4.69, 9.17) is 17.2 Å². The minimum absolute atomic E-state index is 0.000915. The van der Waals surface area contributed by atoms with Gasteiger partial charge in [-0.15, -0.1) is 0 Å². The number of aromatic amines is 1. The number of aliphatic hydroxyl groups is 1. The first-order valence-corrected chi connectivity index (χ1v) is 31.2. The average molecular weight is 1340 g/mol.